The van der Waals surface area contributed by atoms with Crippen LogP contribution in [0.3, 0.4) is 0 Å². The van der Waals surface area contributed by atoms with Gasteiger partial charge in [-0.1, -0.05) is 54.4 Å². The second-order valence-electron chi connectivity index (χ2n) is 7.60. The molecule has 4 nitrogen and oxygen atoms in total. The third kappa shape index (κ3) is 5.44. The van der Waals surface area contributed by atoms with Crippen molar-refractivity contribution in [1.82, 2.24) is 14.9 Å². The van der Waals surface area contributed by atoms with Crippen LogP contribution in [0.5, 0.6) is 0 Å². The number of halogens is 1. The number of carbonyl (C=O) groups excluding carboxylic acids is 1. The lowest BCUT2D eigenvalue weighted by molar-refractivity contribution is 0.0953. The lowest BCUT2D eigenvalue weighted by Crippen LogP contribution is -2.24. The Hall–Kier alpha value is -2.14. The first kappa shape index (κ1) is 20.6. The Morgan fingerprint density at radius 3 is 2.71 bits per heavy atom. The molecule has 0 fully saturated rings. The molecule has 1 heterocycles. The van der Waals surface area contributed by atoms with Crippen molar-refractivity contribution in [2.75, 3.05) is 6.54 Å². The highest BCUT2D eigenvalue weighted by Gasteiger charge is 2.11. The SMILES string of the molecule is CC(C)Cn1c(CCCCCNC(=O)c2cccc(Br)c2)nc2ccccc21. The standard InChI is InChI=1S/C23H28BrN3O/c1-17(2)16-27-21-12-6-5-11-20(21)26-22(27)13-4-3-7-14-25-23(28)18-9-8-10-19(24)15-18/h5-6,8-12,15,17H,3-4,7,13-14,16H2,1-2H3,(H,25,28). The number of fused-ring (bicyclic) bond motifs is 1. The van der Waals surface area contributed by atoms with Crippen LogP contribution in [0.4, 0.5) is 0 Å². The molecule has 0 saturated heterocycles. The Morgan fingerprint density at radius 2 is 1.93 bits per heavy atom. The van der Waals surface area contributed by atoms with Crippen LogP contribution in [0.1, 0.15) is 49.3 Å². The van der Waals surface area contributed by atoms with E-state index in [1.54, 1.807) is 0 Å². The summed E-state index contributed by atoms with van der Waals surface area (Å²) in [7, 11) is 0. The first-order chi connectivity index (χ1) is 13.5. The van der Waals surface area contributed by atoms with Crippen LogP contribution in [-0.2, 0) is 13.0 Å². The van der Waals surface area contributed by atoms with Crippen LogP contribution in [0.25, 0.3) is 11.0 Å². The summed E-state index contributed by atoms with van der Waals surface area (Å²) < 4.78 is 3.29. The highest BCUT2D eigenvalue weighted by atomic mass is 79.9. The lowest BCUT2D eigenvalue weighted by atomic mass is 10.1. The fourth-order valence-corrected chi connectivity index (χ4v) is 3.80. The Labute approximate surface area is 175 Å². The highest BCUT2D eigenvalue weighted by Crippen LogP contribution is 2.19. The topological polar surface area (TPSA) is 46.9 Å². The molecule has 2 aromatic carbocycles. The molecule has 28 heavy (non-hydrogen) atoms. The van der Waals surface area contributed by atoms with Gasteiger partial charge in [-0.15, -0.1) is 0 Å². The molecule has 3 aromatic rings. The number of benzene rings is 2. The molecule has 0 aliphatic heterocycles. The van der Waals surface area contributed by atoms with Crippen LogP contribution in [0.2, 0.25) is 0 Å². The summed E-state index contributed by atoms with van der Waals surface area (Å²) in [5, 5.41) is 3.00. The third-order valence-corrected chi connectivity index (χ3v) is 5.22. The van der Waals surface area contributed by atoms with E-state index in [2.05, 4.69) is 57.9 Å². The summed E-state index contributed by atoms with van der Waals surface area (Å²) in [6.45, 7) is 6.19. The van der Waals surface area contributed by atoms with Crippen LogP contribution < -0.4 is 5.32 Å². The smallest absolute Gasteiger partial charge is 0.251 e. The van der Waals surface area contributed by atoms with E-state index in [-0.39, 0.29) is 5.91 Å². The minimum absolute atomic E-state index is 0.0139. The zero-order valence-corrected chi connectivity index (χ0v) is 18.2. The number of aryl methyl sites for hydroxylation is 1. The first-order valence-corrected chi connectivity index (χ1v) is 10.8. The average Bonchev–Trinajstić information content (AvgIpc) is 3.01. The summed E-state index contributed by atoms with van der Waals surface area (Å²) in [4.78, 5) is 17.0. The maximum atomic E-state index is 12.2. The quantitative estimate of drug-likeness (QED) is 0.439. The summed E-state index contributed by atoms with van der Waals surface area (Å²) in [5.74, 6) is 1.75. The molecular formula is C23H28BrN3O. The molecule has 1 amide bonds. The van der Waals surface area contributed by atoms with Crippen molar-refractivity contribution >= 4 is 32.9 Å². The molecule has 0 saturated carbocycles. The van der Waals surface area contributed by atoms with E-state index < -0.39 is 0 Å². The molecule has 0 radical (unpaired) electrons. The number of carbonyl (C=O) groups is 1. The van der Waals surface area contributed by atoms with Gasteiger partial charge < -0.3 is 9.88 Å². The van der Waals surface area contributed by atoms with Gasteiger partial charge >= 0.3 is 0 Å². The molecule has 0 aliphatic rings. The van der Waals surface area contributed by atoms with Crippen LogP contribution in [0, 0.1) is 5.92 Å². The highest BCUT2D eigenvalue weighted by molar-refractivity contribution is 9.10. The number of unbranched alkanes of at least 4 members (excludes halogenated alkanes) is 2. The lowest BCUT2D eigenvalue weighted by Gasteiger charge is -2.12. The van der Waals surface area contributed by atoms with Crippen molar-refractivity contribution in [2.24, 2.45) is 5.92 Å². The summed E-state index contributed by atoms with van der Waals surface area (Å²) in [5.41, 5.74) is 3.00. The molecule has 5 heteroatoms. The molecule has 148 valence electrons. The van der Waals surface area contributed by atoms with E-state index in [0.29, 0.717) is 18.0 Å². The number of nitrogens with zero attached hydrogens (tertiary/aromatic N) is 2. The van der Waals surface area contributed by atoms with E-state index in [4.69, 9.17) is 4.98 Å². The number of nitrogens with one attached hydrogen (secondary N) is 1. The monoisotopic (exact) mass is 441 g/mol. The second-order valence-corrected chi connectivity index (χ2v) is 8.51. The van der Waals surface area contributed by atoms with E-state index in [0.717, 1.165) is 42.2 Å². The molecule has 3 rings (SSSR count). The molecule has 0 unspecified atom stereocenters. The minimum atomic E-state index is -0.0139. The fourth-order valence-electron chi connectivity index (χ4n) is 3.40. The summed E-state index contributed by atoms with van der Waals surface area (Å²) >= 11 is 3.40. The second kappa shape index (κ2) is 9.87. The molecule has 0 spiro atoms. The Kier molecular flexibility index (Phi) is 7.26. The number of hydrogen-bond donors (Lipinski definition) is 1. The average molecular weight is 442 g/mol. The third-order valence-electron chi connectivity index (χ3n) is 4.73. The number of para-hydroxylation sites is 2. The number of imidazole rings is 1. The minimum Gasteiger partial charge on any atom is -0.352 e. The molecular weight excluding hydrogens is 414 g/mol. The molecule has 0 atom stereocenters. The molecule has 1 N–H and O–H groups in total. The van der Waals surface area contributed by atoms with Gasteiger partial charge in [0, 0.05) is 29.5 Å². The number of aromatic nitrogens is 2. The van der Waals surface area contributed by atoms with Gasteiger partial charge in [-0.2, -0.15) is 0 Å². The van der Waals surface area contributed by atoms with Crippen molar-refractivity contribution in [3.63, 3.8) is 0 Å². The van der Waals surface area contributed by atoms with Gasteiger partial charge in [-0.3, -0.25) is 4.79 Å². The van der Waals surface area contributed by atoms with E-state index in [1.807, 2.05) is 30.3 Å². The van der Waals surface area contributed by atoms with Crippen LogP contribution >= 0.6 is 15.9 Å². The van der Waals surface area contributed by atoms with Crippen LogP contribution in [-0.4, -0.2) is 22.0 Å². The Bertz CT molecular complexity index is 932. The largest absolute Gasteiger partial charge is 0.352 e. The number of hydrogen-bond acceptors (Lipinski definition) is 2. The van der Waals surface area contributed by atoms with Crippen molar-refractivity contribution in [3.05, 3.63) is 64.4 Å². The van der Waals surface area contributed by atoms with Crippen molar-refractivity contribution in [2.45, 2.75) is 46.1 Å². The number of amides is 1. The normalized spacial score (nSPS) is 11.3. The maximum Gasteiger partial charge on any atom is 0.251 e. The molecule has 0 aliphatic carbocycles. The number of rotatable bonds is 9. The molecule has 1 aromatic heterocycles. The van der Waals surface area contributed by atoms with Gasteiger partial charge in [0.05, 0.1) is 11.0 Å². The zero-order chi connectivity index (χ0) is 19.9. The first-order valence-electron chi connectivity index (χ1n) is 10.0. The Balaban J connectivity index is 1.47. The summed E-state index contributed by atoms with van der Waals surface area (Å²) in [6, 6.07) is 15.9. The van der Waals surface area contributed by atoms with Gasteiger partial charge in [-0.05, 0) is 49.1 Å². The van der Waals surface area contributed by atoms with Gasteiger partial charge in [0.15, 0.2) is 0 Å². The van der Waals surface area contributed by atoms with E-state index in [9.17, 15) is 4.79 Å². The Morgan fingerprint density at radius 1 is 1.11 bits per heavy atom. The van der Waals surface area contributed by atoms with E-state index in [1.165, 1.54) is 11.3 Å². The van der Waals surface area contributed by atoms with Crippen molar-refractivity contribution in [3.8, 4) is 0 Å². The zero-order valence-electron chi connectivity index (χ0n) is 16.6. The van der Waals surface area contributed by atoms with E-state index >= 15 is 0 Å². The predicted octanol–water partition coefficient (Wildman–Crippen LogP) is 5.60. The maximum absolute atomic E-state index is 12.2. The fraction of sp³-hybridized carbons (Fsp3) is 0.391. The van der Waals surface area contributed by atoms with Gasteiger partial charge in [-0.25, -0.2) is 4.98 Å². The van der Waals surface area contributed by atoms with Crippen LogP contribution in [0.15, 0.2) is 53.0 Å². The molecule has 0 bridgehead atoms. The van der Waals surface area contributed by atoms with Crippen molar-refractivity contribution < 1.29 is 4.79 Å². The van der Waals surface area contributed by atoms with Gasteiger partial charge in [0.2, 0.25) is 0 Å². The predicted molar refractivity (Wildman–Crippen MR) is 119 cm³/mol. The summed E-state index contributed by atoms with van der Waals surface area (Å²) in [6.07, 6.45) is 4.10. The van der Waals surface area contributed by atoms with Gasteiger partial charge in [0.25, 0.3) is 5.91 Å². The van der Waals surface area contributed by atoms with Crippen molar-refractivity contribution in [1.29, 1.82) is 0 Å². The van der Waals surface area contributed by atoms with Gasteiger partial charge in [0.1, 0.15) is 5.82 Å².